The highest BCUT2D eigenvalue weighted by Crippen LogP contribution is 2.29. The minimum absolute atomic E-state index is 0.0616. The third kappa shape index (κ3) is 5.55. The zero-order chi connectivity index (χ0) is 24.9. The minimum Gasteiger partial charge on any atom is -0.343 e. The average Bonchev–Trinajstić information content (AvgIpc) is 3.52. The number of halogens is 2. The quantitative estimate of drug-likeness (QED) is 0.512. The molecule has 0 spiro atoms. The Bertz CT molecular complexity index is 1160. The lowest BCUT2D eigenvalue weighted by Gasteiger charge is -2.27. The Hall–Kier alpha value is -3.62. The second-order valence-electron chi connectivity index (χ2n) is 9.00. The molecule has 4 atom stereocenters. The van der Waals surface area contributed by atoms with E-state index in [1.165, 1.54) is 17.2 Å². The van der Waals surface area contributed by atoms with Gasteiger partial charge in [-0.3, -0.25) is 14.7 Å². The molecule has 3 aromatic rings. The van der Waals surface area contributed by atoms with Crippen molar-refractivity contribution in [3.63, 3.8) is 0 Å². The molecule has 1 aliphatic rings. The normalized spacial score (nSPS) is 19.4. The maximum Gasteiger partial charge on any atom is 0.243 e. The molecule has 0 bridgehead atoms. The lowest BCUT2D eigenvalue weighted by Crippen LogP contribution is -2.47. The fourth-order valence-corrected chi connectivity index (χ4v) is 4.46. The molecule has 35 heavy (non-hydrogen) atoms. The Kier molecular flexibility index (Phi) is 7.53. The van der Waals surface area contributed by atoms with E-state index in [0.29, 0.717) is 16.8 Å². The molecule has 1 aliphatic heterocycles. The smallest absolute Gasteiger partial charge is 0.243 e. The summed E-state index contributed by atoms with van der Waals surface area (Å²) in [6.45, 7) is 3.81. The van der Waals surface area contributed by atoms with Gasteiger partial charge < -0.3 is 10.2 Å². The highest BCUT2D eigenvalue weighted by Gasteiger charge is 2.40. The van der Waals surface area contributed by atoms with E-state index < -0.39 is 30.1 Å². The van der Waals surface area contributed by atoms with Crippen LogP contribution >= 0.6 is 0 Å². The average molecular weight is 482 g/mol. The van der Waals surface area contributed by atoms with Crippen LogP contribution in [-0.2, 0) is 16.0 Å². The van der Waals surface area contributed by atoms with Gasteiger partial charge in [-0.25, -0.2) is 8.78 Å². The van der Waals surface area contributed by atoms with Crippen LogP contribution in [-0.4, -0.2) is 50.9 Å². The van der Waals surface area contributed by atoms with Gasteiger partial charge in [-0.15, -0.1) is 5.10 Å². The molecule has 0 aliphatic carbocycles. The van der Waals surface area contributed by atoms with E-state index in [1.54, 1.807) is 6.07 Å². The van der Waals surface area contributed by atoms with Gasteiger partial charge in [0, 0.05) is 6.42 Å². The van der Waals surface area contributed by atoms with Gasteiger partial charge in [0.1, 0.15) is 18.0 Å². The molecule has 1 aromatic heterocycles. The Balaban J connectivity index is 1.59. The number of hydrogen-bond acceptors (Lipinski definition) is 4. The highest BCUT2D eigenvalue weighted by molar-refractivity contribution is 5.89. The highest BCUT2D eigenvalue weighted by atomic mass is 19.1. The molecular formula is C26H29F2N5O2. The number of aromatic amines is 1. The van der Waals surface area contributed by atoms with Crippen molar-refractivity contribution >= 4 is 11.8 Å². The Morgan fingerprint density at radius 2 is 1.97 bits per heavy atom. The molecule has 2 amide bonds. The SMILES string of the molecule is CCC(C)c1ccc(C(NC(=O)C2CC(F)CN2C(=O)Cc2cnn[nH]2)c2ccccc2)cc1F. The molecule has 2 N–H and O–H groups in total. The first kappa shape index (κ1) is 24.5. The van der Waals surface area contributed by atoms with Crippen molar-refractivity contribution in [3.05, 3.63) is 82.9 Å². The van der Waals surface area contributed by atoms with Crippen LogP contribution in [0.5, 0.6) is 0 Å². The molecule has 1 fully saturated rings. The summed E-state index contributed by atoms with van der Waals surface area (Å²) in [5.74, 6) is -1.14. The van der Waals surface area contributed by atoms with E-state index >= 15 is 0 Å². The van der Waals surface area contributed by atoms with Crippen LogP contribution in [0.3, 0.4) is 0 Å². The van der Waals surface area contributed by atoms with Crippen molar-refractivity contribution in [2.24, 2.45) is 0 Å². The molecule has 7 nitrogen and oxygen atoms in total. The summed E-state index contributed by atoms with van der Waals surface area (Å²) in [6, 6.07) is 12.6. The van der Waals surface area contributed by atoms with E-state index in [4.69, 9.17) is 0 Å². The van der Waals surface area contributed by atoms with Crippen molar-refractivity contribution in [3.8, 4) is 0 Å². The Labute approximate surface area is 202 Å². The fraction of sp³-hybridized carbons (Fsp3) is 0.385. The van der Waals surface area contributed by atoms with Gasteiger partial charge in [-0.2, -0.15) is 0 Å². The number of likely N-dealkylation sites (tertiary alicyclic amines) is 1. The number of benzene rings is 2. The van der Waals surface area contributed by atoms with Crippen LogP contribution < -0.4 is 5.32 Å². The minimum atomic E-state index is -1.31. The van der Waals surface area contributed by atoms with Crippen LogP contribution in [0.1, 0.15) is 61.0 Å². The zero-order valence-electron chi connectivity index (χ0n) is 19.7. The maximum absolute atomic E-state index is 15.0. The first-order chi connectivity index (χ1) is 16.9. The molecule has 9 heteroatoms. The number of rotatable bonds is 8. The molecular weight excluding hydrogens is 452 g/mol. The summed E-state index contributed by atoms with van der Waals surface area (Å²) in [7, 11) is 0. The second kappa shape index (κ2) is 10.8. The summed E-state index contributed by atoms with van der Waals surface area (Å²) in [4.78, 5) is 27.5. The van der Waals surface area contributed by atoms with Crippen LogP contribution in [0.15, 0.2) is 54.7 Å². The largest absolute Gasteiger partial charge is 0.343 e. The third-order valence-electron chi connectivity index (χ3n) is 6.60. The first-order valence-corrected chi connectivity index (χ1v) is 11.8. The number of hydrogen-bond donors (Lipinski definition) is 2. The maximum atomic E-state index is 15.0. The van der Waals surface area contributed by atoms with E-state index in [9.17, 15) is 18.4 Å². The number of alkyl halides is 1. The summed E-state index contributed by atoms with van der Waals surface area (Å²) in [5.41, 5.74) is 2.43. The van der Waals surface area contributed by atoms with Crippen molar-refractivity contribution in [2.75, 3.05) is 6.54 Å². The predicted octanol–water partition coefficient (Wildman–Crippen LogP) is 3.84. The molecule has 2 aromatic carbocycles. The number of carbonyl (C=O) groups is 2. The fourth-order valence-electron chi connectivity index (χ4n) is 4.46. The van der Waals surface area contributed by atoms with Gasteiger partial charge in [-0.05, 0) is 35.1 Å². The Morgan fingerprint density at radius 1 is 1.20 bits per heavy atom. The molecule has 1 saturated heterocycles. The van der Waals surface area contributed by atoms with Crippen molar-refractivity contribution in [2.45, 2.75) is 57.3 Å². The van der Waals surface area contributed by atoms with Crippen LogP contribution in [0.25, 0.3) is 0 Å². The van der Waals surface area contributed by atoms with E-state index in [0.717, 1.165) is 12.0 Å². The first-order valence-electron chi connectivity index (χ1n) is 11.8. The summed E-state index contributed by atoms with van der Waals surface area (Å²) < 4.78 is 29.3. The van der Waals surface area contributed by atoms with Gasteiger partial charge in [0.05, 0.1) is 30.9 Å². The van der Waals surface area contributed by atoms with Crippen LogP contribution in [0, 0.1) is 5.82 Å². The van der Waals surface area contributed by atoms with E-state index in [-0.39, 0.29) is 31.1 Å². The van der Waals surface area contributed by atoms with Crippen molar-refractivity contribution in [1.82, 2.24) is 25.6 Å². The van der Waals surface area contributed by atoms with E-state index in [2.05, 4.69) is 20.7 Å². The topological polar surface area (TPSA) is 91.0 Å². The molecule has 2 heterocycles. The summed E-state index contributed by atoms with van der Waals surface area (Å²) in [6.07, 6.45) is 0.755. The number of amides is 2. The van der Waals surface area contributed by atoms with Gasteiger partial charge in [0.15, 0.2) is 0 Å². The monoisotopic (exact) mass is 481 g/mol. The zero-order valence-corrected chi connectivity index (χ0v) is 19.7. The third-order valence-corrected chi connectivity index (χ3v) is 6.60. The number of carbonyl (C=O) groups excluding carboxylic acids is 2. The number of H-pyrrole nitrogens is 1. The van der Waals surface area contributed by atoms with Crippen LogP contribution in [0.4, 0.5) is 8.78 Å². The van der Waals surface area contributed by atoms with Gasteiger partial charge in [0.2, 0.25) is 11.8 Å². The lowest BCUT2D eigenvalue weighted by molar-refractivity contribution is -0.138. The molecule has 184 valence electrons. The van der Waals surface area contributed by atoms with Gasteiger partial charge in [-0.1, -0.05) is 61.5 Å². The summed E-state index contributed by atoms with van der Waals surface area (Å²) >= 11 is 0. The predicted molar refractivity (Wildman–Crippen MR) is 127 cm³/mol. The summed E-state index contributed by atoms with van der Waals surface area (Å²) in [5, 5.41) is 12.8. The number of nitrogens with one attached hydrogen (secondary N) is 2. The van der Waals surface area contributed by atoms with Gasteiger partial charge >= 0.3 is 0 Å². The van der Waals surface area contributed by atoms with E-state index in [1.807, 2.05) is 50.2 Å². The molecule has 4 rings (SSSR count). The van der Waals surface area contributed by atoms with Crippen LogP contribution in [0.2, 0.25) is 0 Å². The second-order valence-corrected chi connectivity index (χ2v) is 9.00. The number of aromatic nitrogens is 3. The Morgan fingerprint density at radius 3 is 2.63 bits per heavy atom. The molecule has 4 unspecified atom stereocenters. The molecule has 0 saturated carbocycles. The molecule has 0 radical (unpaired) electrons. The standard InChI is InChI=1S/C26H29F2N5O2/c1-3-16(2)21-10-9-18(11-22(21)28)25(17-7-5-4-6-8-17)30-26(35)23-12-19(27)15-33(23)24(34)13-20-14-29-32-31-20/h4-11,14,16,19,23,25H,3,12-13,15H2,1-2H3,(H,30,35)(H,29,31,32). The number of nitrogens with zero attached hydrogens (tertiary/aromatic N) is 3. The van der Waals surface area contributed by atoms with Gasteiger partial charge in [0.25, 0.3) is 0 Å². The van der Waals surface area contributed by atoms with Crippen molar-refractivity contribution in [1.29, 1.82) is 0 Å². The van der Waals surface area contributed by atoms with Crippen molar-refractivity contribution < 1.29 is 18.4 Å². The lowest BCUT2D eigenvalue weighted by atomic mass is 9.93.